The molecule has 1 aliphatic carbocycles. The highest BCUT2D eigenvalue weighted by Crippen LogP contribution is 2.40. The van der Waals surface area contributed by atoms with Gasteiger partial charge in [0.25, 0.3) is 11.5 Å². The van der Waals surface area contributed by atoms with E-state index in [0.29, 0.717) is 18.0 Å². The monoisotopic (exact) mass is 431 g/mol. The first kappa shape index (κ1) is 20.2. The minimum absolute atomic E-state index is 0.111. The Balaban J connectivity index is 1.34. The molecule has 8 heteroatoms. The van der Waals surface area contributed by atoms with Crippen molar-refractivity contribution in [2.45, 2.75) is 31.8 Å². The third-order valence-corrected chi connectivity index (χ3v) is 6.26. The molecule has 1 unspecified atom stereocenters. The summed E-state index contributed by atoms with van der Waals surface area (Å²) >= 11 is 0. The molecule has 2 aliphatic rings. The van der Waals surface area contributed by atoms with Crippen molar-refractivity contribution in [2.75, 3.05) is 11.4 Å². The number of rotatable bonds is 6. The molecule has 0 saturated heterocycles. The molecule has 32 heavy (non-hydrogen) atoms. The van der Waals surface area contributed by atoms with Crippen LogP contribution in [0.4, 0.5) is 5.69 Å². The molecule has 2 aromatic heterocycles. The largest absolute Gasteiger partial charge is 0.342 e. The zero-order valence-electron chi connectivity index (χ0n) is 17.9. The van der Waals surface area contributed by atoms with Gasteiger partial charge in [-0.15, -0.1) is 0 Å². The van der Waals surface area contributed by atoms with Gasteiger partial charge in [-0.2, -0.15) is 0 Å². The molecule has 1 saturated carbocycles. The lowest BCUT2D eigenvalue weighted by Crippen LogP contribution is -2.36. The molecule has 3 aromatic rings. The Hall–Kier alpha value is -3.68. The molecular formula is C24H25N5O3. The van der Waals surface area contributed by atoms with Crippen LogP contribution in [0.5, 0.6) is 0 Å². The molecule has 1 N–H and O–H groups in total. The number of amides is 2. The average Bonchev–Trinajstić information content (AvgIpc) is 3.40. The number of nitrogens with one attached hydrogen (secondary N) is 1. The second-order valence-corrected chi connectivity index (χ2v) is 8.49. The second kappa shape index (κ2) is 8.11. The normalized spacial score (nSPS) is 16.0. The van der Waals surface area contributed by atoms with Gasteiger partial charge in [0.2, 0.25) is 5.91 Å². The Morgan fingerprint density at radius 2 is 2.00 bits per heavy atom. The van der Waals surface area contributed by atoms with E-state index in [-0.39, 0.29) is 30.0 Å². The lowest BCUT2D eigenvalue weighted by atomic mass is 10.1. The fourth-order valence-corrected chi connectivity index (χ4v) is 4.34. The number of aryl methyl sites for hydroxylation is 1. The summed E-state index contributed by atoms with van der Waals surface area (Å²) in [5, 5.41) is 3.07. The quantitative estimate of drug-likeness (QED) is 0.647. The minimum Gasteiger partial charge on any atom is -0.342 e. The maximum Gasteiger partial charge on any atom is 0.253 e. The van der Waals surface area contributed by atoms with E-state index in [4.69, 9.17) is 0 Å². The first-order chi connectivity index (χ1) is 15.5. The standard InChI is InChI=1S/C24H25N5O3/c1-27-13-11-25-23(27)22(17-6-7-17)26-24(32)18-8-9-20(30)28(14-18)15-21(31)29-12-10-16-4-2-3-5-19(16)29/h2-5,8-9,11,13-14,17,22H,6-7,10,12,15H2,1H3,(H,26,32). The number of carbonyl (C=O) groups excluding carboxylic acids is 2. The summed E-state index contributed by atoms with van der Waals surface area (Å²) in [7, 11) is 1.91. The topological polar surface area (TPSA) is 89.2 Å². The summed E-state index contributed by atoms with van der Waals surface area (Å²) in [6.07, 6.45) is 7.94. The van der Waals surface area contributed by atoms with Gasteiger partial charge < -0.3 is 19.4 Å². The summed E-state index contributed by atoms with van der Waals surface area (Å²) in [5.74, 6) is 0.732. The minimum atomic E-state index is -0.315. The number of hydrogen-bond acceptors (Lipinski definition) is 4. The van der Waals surface area contributed by atoms with Crippen molar-refractivity contribution in [3.05, 3.63) is 82.3 Å². The van der Waals surface area contributed by atoms with E-state index < -0.39 is 0 Å². The van der Waals surface area contributed by atoms with Crippen molar-refractivity contribution >= 4 is 17.5 Å². The van der Waals surface area contributed by atoms with Gasteiger partial charge in [0.05, 0.1) is 11.6 Å². The fraction of sp³-hybridized carbons (Fsp3) is 0.333. The molecule has 2 amide bonds. The van der Waals surface area contributed by atoms with Crippen LogP contribution in [-0.4, -0.2) is 32.5 Å². The van der Waals surface area contributed by atoms with Gasteiger partial charge in [-0.3, -0.25) is 14.4 Å². The van der Waals surface area contributed by atoms with Gasteiger partial charge in [0.15, 0.2) is 0 Å². The zero-order chi connectivity index (χ0) is 22.2. The molecule has 1 aliphatic heterocycles. The van der Waals surface area contributed by atoms with Crippen LogP contribution in [0.3, 0.4) is 0 Å². The number of fused-ring (bicyclic) bond motifs is 1. The number of nitrogens with zero attached hydrogens (tertiary/aromatic N) is 4. The highest BCUT2D eigenvalue weighted by atomic mass is 16.2. The van der Waals surface area contributed by atoms with Crippen LogP contribution in [0.15, 0.2) is 59.8 Å². The Morgan fingerprint density at radius 1 is 1.19 bits per heavy atom. The van der Waals surface area contributed by atoms with E-state index in [1.165, 1.54) is 22.9 Å². The molecule has 0 spiro atoms. The van der Waals surface area contributed by atoms with Gasteiger partial charge in [0, 0.05) is 43.9 Å². The second-order valence-electron chi connectivity index (χ2n) is 8.49. The van der Waals surface area contributed by atoms with E-state index in [0.717, 1.165) is 36.3 Å². The van der Waals surface area contributed by atoms with E-state index in [9.17, 15) is 14.4 Å². The van der Waals surface area contributed by atoms with Crippen molar-refractivity contribution in [3.63, 3.8) is 0 Å². The summed E-state index contributed by atoms with van der Waals surface area (Å²) in [5.41, 5.74) is 2.05. The summed E-state index contributed by atoms with van der Waals surface area (Å²) in [4.78, 5) is 44.5. The molecule has 0 radical (unpaired) electrons. The Morgan fingerprint density at radius 3 is 2.75 bits per heavy atom. The molecule has 3 heterocycles. The number of benzene rings is 1. The van der Waals surface area contributed by atoms with Gasteiger partial charge in [0.1, 0.15) is 12.4 Å². The third kappa shape index (κ3) is 3.84. The summed E-state index contributed by atoms with van der Waals surface area (Å²) in [6, 6.07) is 10.5. The Bertz CT molecular complexity index is 1240. The first-order valence-corrected chi connectivity index (χ1v) is 10.9. The summed E-state index contributed by atoms with van der Waals surface area (Å²) in [6.45, 7) is 0.486. The molecule has 164 valence electrons. The van der Waals surface area contributed by atoms with E-state index >= 15 is 0 Å². The number of aromatic nitrogens is 3. The maximum absolute atomic E-state index is 13.0. The van der Waals surface area contributed by atoms with Crippen molar-refractivity contribution < 1.29 is 9.59 Å². The van der Waals surface area contributed by atoms with E-state index in [1.54, 1.807) is 11.1 Å². The van der Waals surface area contributed by atoms with Gasteiger partial charge in [-0.25, -0.2) is 4.98 Å². The highest BCUT2D eigenvalue weighted by molar-refractivity contribution is 5.96. The van der Waals surface area contributed by atoms with Crippen LogP contribution in [0, 0.1) is 5.92 Å². The maximum atomic E-state index is 13.0. The zero-order valence-corrected chi connectivity index (χ0v) is 17.9. The van der Waals surface area contributed by atoms with Crippen molar-refractivity contribution in [2.24, 2.45) is 13.0 Å². The predicted molar refractivity (Wildman–Crippen MR) is 119 cm³/mol. The number of anilines is 1. The van der Waals surface area contributed by atoms with Crippen molar-refractivity contribution in [1.29, 1.82) is 0 Å². The smallest absolute Gasteiger partial charge is 0.253 e. The molecule has 1 fully saturated rings. The van der Waals surface area contributed by atoms with Crippen LogP contribution in [0.1, 0.15) is 40.6 Å². The molecule has 1 aromatic carbocycles. The molecule has 5 rings (SSSR count). The van der Waals surface area contributed by atoms with Crippen molar-refractivity contribution in [3.8, 4) is 0 Å². The highest BCUT2D eigenvalue weighted by Gasteiger charge is 2.36. The molecular weight excluding hydrogens is 406 g/mol. The molecule has 1 atom stereocenters. The number of hydrogen-bond donors (Lipinski definition) is 1. The van der Waals surface area contributed by atoms with Crippen LogP contribution in [-0.2, 0) is 24.8 Å². The third-order valence-electron chi connectivity index (χ3n) is 6.26. The van der Waals surface area contributed by atoms with Crippen LogP contribution < -0.4 is 15.8 Å². The van der Waals surface area contributed by atoms with E-state index in [1.807, 2.05) is 42.1 Å². The number of imidazole rings is 1. The van der Waals surface area contributed by atoms with Crippen LogP contribution >= 0.6 is 0 Å². The molecule has 8 nitrogen and oxygen atoms in total. The first-order valence-electron chi connectivity index (χ1n) is 10.9. The summed E-state index contributed by atoms with van der Waals surface area (Å²) < 4.78 is 3.22. The Kier molecular flexibility index (Phi) is 5.13. The van der Waals surface area contributed by atoms with Crippen LogP contribution in [0.25, 0.3) is 0 Å². The predicted octanol–water partition coefficient (Wildman–Crippen LogP) is 2.05. The lowest BCUT2D eigenvalue weighted by molar-refractivity contribution is -0.119. The fourth-order valence-electron chi connectivity index (χ4n) is 4.34. The SMILES string of the molecule is Cn1ccnc1C(NC(=O)c1ccc(=O)n(CC(=O)N2CCc3ccccc32)c1)C1CC1. The number of para-hydroxylation sites is 1. The van der Waals surface area contributed by atoms with Gasteiger partial charge in [-0.1, -0.05) is 18.2 Å². The average molecular weight is 431 g/mol. The number of pyridine rings is 1. The lowest BCUT2D eigenvalue weighted by Gasteiger charge is -2.19. The van der Waals surface area contributed by atoms with Gasteiger partial charge >= 0.3 is 0 Å². The number of carbonyl (C=O) groups is 2. The molecule has 0 bridgehead atoms. The van der Waals surface area contributed by atoms with Crippen LogP contribution in [0.2, 0.25) is 0 Å². The van der Waals surface area contributed by atoms with E-state index in [2.05, 4.69) is 10.3 Å². The van der Waals surface area contributed by atoms with Crippen molar-refractivity contribution in [1.82, 2.24) is 19.4 Å². The Labute approximate surface area is 185 Å². The van der Waals surface area contributed by atoms with Gasteiger partial charge in [-0.05, 0) is 42.9 Å².